The van der Waals surface area contributed by atoms with Gasteiger partial charge >= 0.3 is 0 Å². The summed E-state index contributed by atoms with van der Waals surface area (Å²) >= 11 is 0. The van der Waals surface area contributed by atoms with Crippen LogP contribution < -0.4 is 15.5 Å². The van der Waals surface area contributed by atoms with Gasteiger partial charge in [-0.05, 0) is 42.5 Å². The van der Waals surface area contributed by atoms with Gasteiger partial charge in [0.15, 0.2) is 0 Å². The standard InChI is InChI=1S/C27H28N4O3/c1-2-25(32)28-21-10-8-9-20(19-21)26(33)29-24-14-7-6-13-23(24)27(34)31-17-15-30(16-18-31)22-11-4-3-5-12-22/h3-14,19H,2,15-18H2,1H3,(H,28,32)(H,29,33). The Kier molecular flexibility index (Phi) is 7.22. The summed E-state index contributed by atoms with van der Waals surface area (Å²) in [5.74, 6) is -0.574. The van der Waals surface area contributed by atoms with Crippen LogP contribution in [0.2, 0.25) is 0 Å². The molecule has 0 saturated carbocycles. The number of carbonyl (C=O) groups excluding carboxylic acids is 3. The summed E-state index contributed by atoms with van der Waals surface area (Å²) in [5.41, 5.74) is 3.03. The molecule has 0 radical (unpaired) electrons. The summed E-state index contributed by atoms with van der Waals surface area (Å²) < 4.78 is 0. The molecule has 1 fully saturated rings. The predicted molar refractivity (Wildman–Crippen MR) is 134 cm³/mol. The molecule has 34 heavy (non-hydrogen) atoms. The van der Waals surface area contributed by atoms with E-state index in [1.54, 1.807) is 55.5 Å². The highest BCUT2D eigenvalue weighted by atomic mass is 16.2. The van der Waals surface area contributed by atoms with Crippen molar-refractivity contribution in [2.75, 3.05) is 41.7 Å². The average Bonchev–Trinajstić information content (AvgIpc) is 2.89. The van der Waals surface area contributed by atoms with Crippen LogP contribution in [0.4, 0.5) is 17.1 Å². The van der Waals surface area contributed by atoms with Gasteiger partial charge in [0, 0.05) is 49.5 Å². The van der Waals surface area contributed by atoms with Gasteiger partial charge in [0.2, 0.25) is 5.91 Å². The fraction of sp³-hybridized carbons (Fsp3) is 0.222. The van der Waals surface area contributed by atoms with Gasteiger partial charge in [-0.2, -0.15) is 0 Å². The van der Waals surface area contributed by atoms with E-state index in [-0.39, 0.29) is 17.7 Å². The van der Waals surface area contributed by atoms with E-state index in [2.05, 4.69) is 27.7 Å². The summed E-state index contributed by atoms with van der Waals surface area (Å²) in [6, 6.07) is 24.0. The van der Waals surface area contributed by atoms with E-state index in [1.165, 1.54) is 0 Å². The Labute approximate surface area is 199 Å². The lowest BCUT2D eigenvalue weighted by molar-refractivity contribution is -0.115. The second-order valence-electron chi connectivity index (χ2n) is 8.10. The minimum atomic E-state index is -0.346. The number of nitrogens with one attached hydrogen (secondary N) is 2. The molecule has 1 heterocycles. The van der Waals surface area contributed by atoms with Gasteiger partial charge < -0.3 is 20.4 Å². The number of benzene rings is 3. The zero-order chi connectivity index (χ0) is 23.9. The van der Waals surface area contributed by atoms with Crippen molar-refractivity contribution < 1.29 is 14.4 Å². The molecule has 3 amide bonds. The minimum Gasteiger partial charge on any atom is -0.368 e. The van der Waals surface area contributed by atoms with Gasteiger partial charge in [0.05, 0.1) is 11.3 Å². The number of piperazine rings is 1. The molecule has 0 atom stereocenters. The molecule has 0 unspecified atom stereocenters. The molecular weight excluding hydrogens is 428 g/mol. The number of hydrogen-bond donors (Lipinski definition) is 2. The number of anilines is 3. The molecule has 3 aromatic carbocycles. The molecule has 0 aromatic heterocycles. The molecule has 3 aromatic rings. The summed E-state index contributed by atoms with van der Waals surface area (Å²) in [4.78, 5) is 42.0. The molecule has 0 aliphatic carbocycles. The topological polar surface area (TPSA) is 81.8 Å². The number of para-hydroxylation sites is 2. The lowest BCUT2D eigenvalue weighted by Gasteiger charge is -2.36. The number of nitrogens with zero attached hydrogens (tertiary/aromatic N) is 2. The normalized spacial score (nSPS) is 13.3. The van der Waals surface area contributed by atoms with Crippen molar-refractivity contribution in [3.05, 3.63) is 90.0 Å². The maximum Gasteiger partial charge on any atom is 0.256 e. The highest BCUT2D eigenvalue weighted by Gasteiger charge is 2.24. The summed E-state index contributed by atoms with van der Waals surface area (Å²) in [6.45, 7) is 4.48. The Balaban J connectivity index is 1.44. The fourth-order valence-corrected chi connectivity index (χ4v) is 3.94. The van der Waals surface area contributed by atoms with Gasteiger partial charge in [-0.1, -0.05) is 43.3 Å². The van der Waals surface area contributed by atoms with Gasteiger partial charge in [-0.15, -0.1) is 0 Å². The van der Waals surface area contributed by atoms with E-state index < -0.39 is 0 Å². The predicted octanol–water partition coefficient (Wildman–Crippen LogP) is 4.25. The molecule has 0 spiro atoms. The first kappa shape index (κ1) is 23.0. The Hall–Kier alpha value is -4.13. The van der Waals surface area contributed by atoms with E-state index >= 15 is 0 Å². The maximum absolute atomic E-state index is 13.3. The average molecular weight is 457 g/mol. The third kappa shape index (κ3) is 5.43. The van der Waals surface area contributed by atoms with Crippen LogP contribution in [0.5, 0.6) is 0 Å². The van der Waals surface area contributed by atoms with Crippen molar-refractivity contribution in [2.24, 2.45) is 0 Å². The Morgan fingerprint density at radius 1 is 0.794 bits per heavy atom. The SMILES string of the molecule is CCC(=O)Nc1cccc(C(=O)Nc2ccccc2C(=O)N2CCN(c3ccccc3)CC2)c1. The van der Waals surface area contributed by atoms with Crippen LogP contribution >= 0.6 is 0 Å². The van der Waals surface area contributed by atoms with Gasteiger partial charge in [-0.3, -0.25) is 14.4 Å². The molecular formula is C27H28N4O3. The maximum atomic E-state index is 13.3. The molecule has 174 valence electrons. The molecule has 4 rings (SSSR count). The molecule has 7 nitrogen and oxygen atoms in total. The molecule has 1 saturated heterocycles. The van der Waals surface area contributed by atoms with Crippen molar-refractivity contribution in [3.8, 4) is 0 Å². The molecule has 1 aliphatic heterocycles. The summed E-state index contributed by atoms with van der Waals surface area (Å²) in [5, 5.41) is 5.62. The van der Waals surface area contributed by atoms with E-state index in [0.717, 1.165) is 18.8 Å². The van der Waals surface area contributed by atoms with Crippen LogP contribution in [0.3, 0.4) is 0 Å². The van der Waals surface area contributed by atoms with Gasteiger partial charge in [0.25, 0.3) is 11.8 Å². The lowest BCUT2D eigenvalue weighted by atomic mass is 10.1. The zero-order valence-corrected chi connectivity index (χ0v) is 19.2. The van der Waals surface area contributed by atoms with Gasteiger partial charge in [0.1, 0.15) is 0 Å². The summed E-state index contributed by atoms with van der Waals surface area (Å²) in [6.07, 6.45) is 0.353. The van der Waals surface area contributed by atoms with Gasteiger partial charge in [-0.25, -0.2) is 0 Å². The van der Waals surface area contributed by atoms with E-state index in [4.69, 9.17) is 0 Å². The van der Waals surface area contributed by atoms with Crippen LogP contribution in [0.15, 0.2) is 78.9 Å². The van der Waals surface area contributed by atoms with E-state index in [9.17, 15) is 14.4 Å². The smallest absolute Gasteiger partial charge is 0.256 e. The first-order chi connectivity index (χ1) is 16.5. The second kappa shape index (κ2) is 10.7. The van der Waals surface area contributed by atoms with Crippen LogP contribution in [-0.4, -0.2) is 48.8 Å². The highest BCUT2D eigenvalue weighted by molar-refractivity contribution is 6.09. The van der Waals surface area contributed by atoms with Crippen LogP contribution in [0, 0.1) is 0 Å². The van der Waals surface area contributed by atoms with Crippen molar-refractivity contribution in [1.29, 1.82) is 0 Å². The largest absolute Gasteiger partial charge is 0.368 e. The van der Waals surface area contributed by atoms with E-state index in [0.29, 0.717) is 42.0 Å². The molecule has 1 aliphatic rings. The Morgan fingerprint density at radius 3 is 2.24 bits per heavy atom. The molecule has 7 heteroatoms. The monoisotopic (exact) mass is 456 g/mol. The van der Waals surface area contributed by atoms with Crippen LogP contribution in [-0.2, 0) is 4.79 Å². The zero-order valence-electron chi connectivity index (χ0n) is 19.2. The summed E-state index contributed by atoms with van der Waals surface area (Å²) in [7, 11) is 0. The molecule has 0 bridgehead atoms. The Bertz CT molecular complexity index is 1170. The first-order valence-corrected chi connectivity index (χ1v) is 11.4. The highest BCUT2D eigenvalue weighted by Crippen LogP contribution is 2.22. The Morgan fingerprint density at radius 2 is 1.50 bits per heavy atom. The quantitative estimate of drug-likeness (QED) is 0.581. The first-order valence-electron chi connectivity index (χ1n) is 11.4. The van der Waals surface area contributed by atoms with Crippen molar-refractivity contribution in [2.45, 2.75) is 13.3 Å². The fourth-order valence-electron chi connectivity index (χ4n) is 3.94. The number of rotatable bonds is 6. The molecule has 2 N–H and O–H groups in total. The number of amides is 3. The lowest BCUT2D eigenvalue weighted by Crippen LogP contribution is -2.48. The van der Waals surface area contributed by atoms with Crippen LogP contribution in [0.25, 0.3) is 0 Å². The minimum absolute atomic E-state index is 0.104. The van der Waals surface area contributed by atoms with Crippen molar-refractivity contribution >= 4 is 34.8 Å². The van der Waals surface area contributed by atoms with Crippen molar-refractivity contribution in [3.63, 3.8) is 0 Å². The van der Waals surface area contributed by atoms with E-state index in [1.807, 2.05) is 23.1 Å². The van der Waals surface area contributed by atoms with Crippen LogP contribution in [0.1, 0.15) is 34.1 Å². The number of hydrogen-bond acceptors (Lipinski definition) is 4. The number of carbonyl (C=O) groups is 3. The third-order valence-electron chi connectivity index (χ3n) is 5.82. The third-order valence-corrected chi connectivity index (χ3v) is 5.82. The van der Waals surface area contributed by atoms with Crippen molar-refractivity contribution in [1.82, 2.24) is 4.90 Å². The second-order valence-corrected chi connectivity index (χ2v) is 8.10.